The maximum atomic E-state index is 13.6. The van der Waals surface area contributed by atoms with Gasteiger partial charge in [-0.3, -0.25) is 14.6 Å². The highest BCUT2D eigenvalue weighted by Gasteiger charge is 2.39. The fourth-order valence-electron chi connectivity index (χ4n) is 5.74. The van der Waals surface area contributed by atoms with E-state index >= 15 is 0 Å². The van der Waals surface area contributed by atoms with E-state index in [2.05, 4.69) is 35.5 Å². The van der Waals surface area contributed by atoms with Crippen LogP contribution in [0.3, 0.4) is 0 Å². The van der Waals surface area contributed by atoms with E-state index in [1.54, 1.807) is 0 Å². The number of hydrogen-bond donors (Lipinski definition) is 0. The average molecular weight is 697 g/mol. The lowest BCUT2D eigenvalue weighted by atomic mass is 9.97. The lowest BCUT2D eigenvalue weighted by Crippen LogP contribution is -2.56. The van der Waals surface area contributed by atoms with Crippen LogP contribution in [-0.4, -0.2) is 85.2 Å². The van der Waals surface area contributed by atoms with Crippen molar-refractivity contribution in [3.63, 3.8) is 0 Å². The normalized spacial score (nSPS) is 19.6. The number of alkyl halides is 6. The van der Waals surface area contributed by atoms with E-state index in [0.29, 0.717) is 69.9 Å². The van der Waals surface area contributed by atoms with Crippen molar-refractivity contribution in [2.24, 2.45) is 5.92 Å². The average Bonchev–Trinajstić information content (AvgIpc) is 2.96. The lowest BCUT2D eigenvalue weighted by Gasteiger charge is -2.41. The van der Waals surface area contributed by atoms with Crippen molar-refractivity contribution >= 4 is 30.7 Å². The molecule has 0 bridgehead atoms. The molecule has 2 heterocycles. The predicted molar refractivity (Wildman–Crippen MR) is 171 cm³/mol. The smallest absolute Gasteiger partial charge is 0.378 e. The van der Waals surface area contributed by atoms with Crippen LogP contribution >= 0.6 is 24.8 Å². The summed E-state index contributed by atoms with van der Waals surface area (Å²) in [4.78, 5) is 19.4. The highest BCUT2D eigenvalue weighted by Crippen LogP contribution is 2.37. The summed E-state index contributed by atoms with van der Waals surface area (Å²) in [5.41, 5.74) is -0.572. The SMILES string of the molecule is Cc1ccc(C[C@@H]2CN(CC#CCN3CCOC[C@@H]3C(C)C)CCN2C(=O)c2cc(C(F)(F)F)cc(C(F)(F)F)c2)cc1C.Cl.Cl. The molecule has 46 heavy (non-hydrogen) atoms. The second-order valence-corrected chi connectivity index (χ2v) is 12.0. The molecule has 0 aromatic heterocycles. The number of halogens is 8. The van der Waals surface area contributed by atoms with Crippen molar-refractivity contribution < 1.29 is 35.9 Å². The van der Waals surface area contributed by atoms with Gasteiger partial charge >= 0.3 is 12.4 Å². The van der Waals surface area contributed by atoms with E-state index in [-0.39, 0.29) is 37.4 Å². The number of ether oxygens (including phenoxy) is 1. The minimum absolute atomic E-state index is 0. The number of hydrogen-bond acceptors (Lipinski definition) is 4. The van der Waals surface area contributed by atoms with Gasteiger partial charge in [-0.25, -0.2) is 0 Å². The molecular weight excluding hydrogens is 655 g/mol. The Labute approximate surface area is 279 Å². The number of carbonyl (C=O) groups excluding carboxylic acids is 1. The molecule has 2 aliphatic rings. The topological polar surface area (TPSA) is 36.0 Å². The summed E-state index contributed by atoms with van der Waals surface area (Å²) in [5, 5.41) is 0. The van der Waals surface area contributed by atoms with Crippen LogP contribution in [0.15, 0.2) is 36.4 Å². The first-order valence-electron chi connectivity index (χ1n) is 14.8. The van der Waals surface area contributed by atoms with Crippen LogP contribution in [-0.2, 0) is 23.5 Å². The lowest BCUT2D eigenvalue weighted by molar-refractivity contribution is -0.143. The zero-order chi connectivity index (χ0) is 32.2. The highest BCUT2D eigenvalue weighted by molar-refractivity contribution is 5.95. The maximum Gasteiger partial charge on any atom is 0.416 e. The summed E-state index contributed by atoms with van der Waals surface area (Å²) in [6.07, 6.45) is -9.68. The van der Waals surface area contributed by atoms with Gasteiger partial charge in [-0.15, -0.1) is 24.8 Å². The van der Waals surface area contributed by atoms with E-state index in [4.69, 9.17) is 4.74 Å². The molecule has 2 atom stereocenters. The first-order valence-corrected chi connectivity index (χ1v) is 14.8. The van der Waals surface area contributed by atoms with Crippen LogP contribution in [0.25, 0.3) is 0 Å². The molecule has 0 radical (unpaired) electrons. The third-order valence-corrected chi connectivity index (χ3v) is 8.46. The molecule has 256 valence electrons. The zero-order valence-electron chi connectivity index (χ0n) is 26.3. The van der Waals surface area contributed by atoms with E-state index in [1.807, 2.05) is 32.0 Å². The van der Waals surface area contributed by atoms with Gasteiger partial charge in [-0.05, 0) is 61.1 Å². The van der Waals surface area contributed by atoms with Crippen molar-refractivity contribution in [3.05, 3.63) is 69.8 Å². The standard InChI is InChI=1S/C33H39F6N3O2.2ClH/c1-22(2)30-21-44-14-13-41(30)10-6-5-9-40-11-12-42(29(20-40)16-25-8-7-23(3)24(4)15-25)31(43)26-17-27(32(34,35)36)19-28(18-26)33(37,38)39;;/h7-8,15,17-19,22,29-30H,9-14,16,20-21H2,1-4H3;2*1H/t29-,30-;;/m1../s1. The second kappa shape index (κ2) is 16.6. The fourth-order valence-corrected chi connectivity index (χ4v) is 5.74. The predicted octanol–water partition coefficient (Wildman–Crippen LogP) is 6.91. The minimum atomic E-state index is -5.04. The summed E-state index contributed by atoms with van der Waals surface area (Å²) < 4.78 is 86.8. The molecule has 5 nitrogen and oxygen atoms in total. The molecule has 1 amide bonds. The number of amides is 1. The molecule has 13 heteroatoms. The van der Waals surface area contributed by atoms with Gasteiger partial charge in [0.25, 0.3) is 5.91 Å². The Bertz CT molecular complexity index is 1360. The number of aryl methyl sites for hydroxylation is 2. The molecule has 4 rings (SSSR count). The molecule has 0 N–H and O–H groups in total. The molecule has 2 fully saturated rings. The summed E-state index contributed by atoms with van der Waals surface area (Å²) in [6.45, 7) is 12.3. The number of morpholine rings is 1. The molecule has 0 spiro atoms. The number of carbonyl (C=O) groups is 1. The number of nitrogens with zero attached hydrogens (tertiary/aromatic N) is 3. The van der Waals surface area contributed by atoms with Gasteiger partial charge in [0.15, 0.2) is 0 Å². The second-order valence-electron chi connectivity index (χ2n) is 12.0. The molecule has 0 unspecified atom stereocenters. The molecule has 2 aromatic carbocycles. The molecule has 2 aromatic rings. The van der Waals surface area contributed by atoms with Gasteiger partial charge in [-0.1, -0.05) is 43.9 Å². The van der Waals surface area contributed by atoms with Crippen molar-refractivity contribution in [3.8, 4) is 11.8 Å². The Morgan fingerprint density at radius 3 is 2.11 bits per heavy atom. The van der Waals surface area contributed by atoms with Crippen LogP contribution < -0.4 is 0 Å². The van der Waals surface area contributed by atoms with Crippen LogP contribution in [0.1, 0.15) is 52.0 Å². The summed E-state index contributed by atoms with van der Waals surface area (Å²) in [5.74, 6) is 6.05. The van der Waals surface area contributed by atoms with Crippen molar-refractivity contribution in [2.75, 3.05) is 52.5 Å². The number of benzene rings is 2. The van der Waals surface area contributed by atoms with Gasteiger partial charge in [0, 0.05) is 43.8 Å². The summed E-state index contributed by atoms with van der Waals surface area (Å²) in [6, 6.07) is 6.77. The first kappa shape index (κ1) is 39.7. The Kier molecular flexibility index (Phi) is 14.3. The van der Waals surface area contributed by atoms with Gasteiger partial charge < -0.3 is 9.64 Å². The molecule has 0 aliphatic carbocycles. The maximum absolute atomic E-state index is 13.6. The Morgan fingerprint density at radius 2 is 1.52 bits per heavy atom. The number of rotatable bonds is 6. The van der Waals surface area contributed by atoms with Crippen LogP contribution in [0.4, 0.5) is 26.3 Å². The fraction of sp³-hybridized carbons (Fsp3) is 0.545. The summed E-state index contributed by atoms with van der Waals surface area (Å²) >= 11 is 0. The molecule has 2 saturated heterocycles. The quantitative estimate of drug-likeness (QED) is 0.243. The molecule has 0 saturated carbocycles. The van der Waals surface area contributed by atoms with E-state index in [1.165, 1.54) is 4.90 Å². The third kappa shape index (κ3) is 10.3. The molecule has 2 aliphatic heterocycles. The van der Waals surface area contributed by atoms with Crippen molar-refractivity contribution in [1.29, 1.82) is 0 Å². The van der Waals surface area contributed by atoms with Gasteiger partial charge in [0.1, 0.15) is 0 Å². The van der Waals surface area contributed by atoms with Crippen molar-refractivity contribution in [1.82, 2.24) is 14.7 Å². The van der Waals surface area contributed by atoms with Crippen LogP contribution in [0, 0.1) is 31.6 Å². The van der Waals surface area contributed by atoms with Gasteiger partial charge in [0.05, 0.1) is 37.4 Å². The van der Waals surface area contributed by atoms with Crippen LogP contribution in [0.5, 0.6) is 0 Å². The zero-order valence-corrected chi connectivity index (χ0v) is 27.9. The summed E-state index contributed by atoms with van der Waals surface area (Å²) in [7, 11) is 0. The van der Waals surface area contributed by atoms with E-state index < -0.39 is 41.0 Å². The van der Waals surface area contributed by atoms with E-state index in [9.17, 15) is 31.1 Å². The van der Waals surface area contributed by atoms with Gasteiger partial charge in [-0.2, -0.15) is 26.3 Å². The Balaban J connectivity index is 0.00000368. The third-order valence-electron chi connectivity index (χ3n) is 8.46. The molecular formula is C33H41Cl2F6N3O2. The largest absolute Gasteiger partial charge is 0.416 e. The van der Waals surface area contributed by atoms with Crippen LogP contribution in [0.2, 0.25) is 0 Å². The minimum Gasteiger partial charge on any atom is -0.378 e. The monoisotopic (exact) mass is 695 g/mol. The van der Waals surface area contributed by atoms with E-state index in [0.717, 1.165) is 23.2 Å². The van der Waals surface area contributed by atoms with Gasteiger partial charge in [0.2, 0.25) is 0 Å². The Morgan fingerprint density at radius 1 is 0.891 bits per heavy atom. The number of piperazine rings is 1. The highest BCUT2D eigenvalue weighted by atomic mass is 35.5. The Hall–Kier alpha value is -2.49. The first-order chi connectivity index (χ1) is 20.6. The van der Waals surface area contributed by atoms with Crippen molar-refractivity contribution in [2.45, 2.75) is 58.6 Å².